The summed E-state index contributed by atoms with van der Waals surface area (Å²) in [4.78, 5) is 23.8. The zero-order valence-corrected chi connectivity index (χ0v) is 11.1. The fraction of sp³-hybridized carbons (Fsp3) is 0.214. The highest BCUT2D eigenvalue weighted by molar-refractivity contribution is 5.96. The van der Waals surface area contributed by atoms with Gasteiger partial charge in [0, 0.05) is 18.6 Å². The molecule has 0 bridgehead atoms. The number of carbonyl (C=O) groups is 1. The molecule has 7 heteroatoms. The van der Waals surface area contributed by atoms with Crippen molar-refractivity contribution in [2.24, 2.45) is 11.0 Å². The van der Waals surface area contributed by atoms with E-state index in [4.69, 9.17) is 0 Å². The maximum Gasteiger partial charge on any atom is 0.278 e. The van der Waals surface area contributed by atoms with Crippen LogP contribution in [-0.2, 0) is 0 Å². The first-order valence-electron chi connectivity index (χ1n) is 6.55. The molecule has 2 aromatic heterocycles. The number of nitrogens with one attached hydrogen (secondary N) is 1. The molecule has 21 heavy (non-hydrogen) atoms. The molecule has 1 aliphatic carbocycles. The minimum atomic E-state index is -0.544. The van der Waals surface area contributed by atoms with Gasteiger partial charge < -0.3 is 5.11 Å². The van der Waals surface area contributed by atoms with E-state index in [9.17, 15) is 9.90 Å². The summed E-state index contributed by atoms with van der Waals surface area (Å²) in [5.41, 5.74) is 2.84. The Bertz CT molecular complexity index is 683. The van der Waals surface area contributed by atoms with Gasteiger partial charge in [-0.3, -0.25) is 9.78 Å². The lowest BCUT2D eigenvalue weighted by Crippen LogP contribution is -2.18. The van der Waals surface area contributed by atoms with Crippen LogP contribution < -0.4 is 5.43 Å². The van der Waals surface area contributed by atoms with E-state index in [0.29, 0.717) is 11.6 Å². The number of hydrogen-bond donors (Lipinski definition) is 2. The summed E-state index contributed by atoms with van der Waals surface area (Å²) in [6.45, 7) is 0. The molecule has 0 aliphatic heterocycles. The minimum Gasteiger partial charge on any atom is -0.493 e. The molecule has 1 fully saturated rings. The number of amides is 1. The number of carbonyl (C=O) groups excluding carboxylic acids is 1. The SMILES string of the molecule is O=C(NN=CC1CC1)c1cnc(-c2ccccn2)nc1O. The average molecular weight is 283 g/mol. The summed E-state index contributed by atoms with van der Waals surface area (Å²) in [5, 5.41) is 13.7. The third-order valence-electron chi connectivity index (χ3n) is 2.98. The lowest BCUT2D eigenvalue weighted by Gasteiger charge is -2.04. The standard InChI is InChI=1S/C14H13N5O2/c20-13-10(14(21)19-17-7-9-4-5-9)8-16-12(18-13)11-3-1-2-6-15-11/h1-3,6-9H,4-5H2,(H,19,21)(H,16,18,20). The first-order valence-corrected chi connectivity index (χ1v) is 6.55. The number of hydrogen-bond acceptors (Lipinski definition) is 6. The van der Waals surface area contributed by atoms with Gasteiger partial charge in [-0.2, -0.15) is 10.1 Å². The summed E-state index contributed by atoms with van der Waals surface area (Å²) < 4.78 is 0. The Morgan fingerprint density at radius 1 is 1.38 bits per heavy atom. The lowest BCUT2D eigenvalue weighted by molar-refractivity contribution is 0.0951. The van der Waals surface area contributed by atoms with Crippen molar-refractivity contribution in [3.8, 4) is 17.4 Å². The molecule has 0 atom stereocenters. The van der Waals surface area contributed by atoms with Crippen LogP contribution in [0.2, 0.25) is 0 Å². The largest absolute Gasteiger partial charge is 0.493 e. The molecule has 1 saturated carbocycles. The number of rotatable bonds is 4. The smallest absolute Gasteiger partial charge is 0.278 e. The van der Waals surface area contributed by atoms with Crippen LogP contribution in [0.5, 0.6) is 5.88 Å². The predicted molar refractivity (Wildman–Crippen MR) is 75.6 cm³/mol. The van der Waals surface area contributed by atoms with Gasteiger partial charge >= 0.3 is 0 Å². The maximum absolute atomic E-state index is 11.8. The van der Waals surface area contributed by atoms with Crippen molar-refractivity contribution in [3.05, 3.63) is 36.2 Å². The molecule has 0 saturated heterocycles. The number of hydrazone groups is 1. The van der Waals surface area contributed by atoms with Crippen LogP contribution in [-0.4, -0.2) is 32.2 Å². The van der Waals surface area contributed by atoms with Crippen LogP contribution in [0, 0.1) is 5.92 Å². The van der Waals surface area contributed by atoms with Crippen molar-refractivity contribution < 1.29 is 9.90 Å². The zero-order valence-electron chi connectivity index (χ0n) is 11.1. The Balaban J connectivity index is 1.76. The quantitative estimate of drug-likeness (QED) is 0.652. The fourth-order valence-corrected chi connectivity index (χ4v) is 1.66. The highest BCUT2D eigenvalue weighted by Gasteiger charge is 2.19. The number of aromatic hydroxyl groups is 1. The van der Waals surface area contributed by atoms with Crippen LogP contribution >= 0.6 is 0 Å². The minimum absolute atomic E-state index is 0.0253. The summed E-state index contributed by atoms with van der Waals surface area (Å²) in [7, 11) is 0. The van der Waals surface area contributed by atoms with Crippen molar-refractivity contribution >= 4 is 12.1 Å². The average Bonchev–Trinajstić information content (AvgIpc) is 3.32. The monoisotopic (exact) mass is 283 g/mol. The van der Waals surface area contributed by atoms with E-state index in [2.05, 4.69) is 25.5 Å². The molecule has 2 heterocycles. The van der Waals surface area contributed by atoms with Gasteiger partial charge in [0.15, 0.2) is 5.82 Å². The van der Waals surface area contributed by atoms with Gasteiger partial charge in [0.25, 0.3) is 5.91 Å². The summed E-state index contributed by atoms with van der Waals surface area (Å²) in [5.74, 6) is -0.227. The van der Waals surface area contributed by atoms with E-state index in [1.54, 1.807) is 30.6 Å². The summed E-state index contributed by atoms with van der Waals surface area (Å²) >= 11 is 0. The van der Waals surface area contributed by atoms with E-state index < -0.39 is 11.8 Å². The Morgan fingerprint density at radius 2 is 2.24 bits per heavy atom. The molecule has 0 spiro atoms. The van der Waals surface area contributed by atoms with Gasteiger partial charge in [-0.05, 0) is 30.9 Å². The van der Waals surface area contributed by atoms with Gasteiger partial charge in [0.05, 0.1) is 0 Å². The van der Waals surface area contributed by atoms with Crippen molar-refractivity contribution in [1.82, 2.24) is 20.4 Å². The zero-order chi connectivity index (χ0) is 14.7. The molecule has 0 radical (unpaired) electrons. The summed E-state index contributed by atoms with van der Waals surface area (Å²) in [6.07, 6.45) is 6.76. The Kier molecular flexibility index (Phi) is 3.55. The van der Waals surface area contributed by atoms with Crippen LogP contribution in [0.1, 0.15) is 23.2 Å². The first-order chi connectivity index (χ1) is 10.2. The van der Waals surface area contributed by atoms with E-state index in [1.165, 1.54) is 6.20 Å². The molecule has 2 N–H and O–H groups in total. The first kappa shape index (κ1) is 13.2. The fourth-order valence-electron chi connectivity index (χ4n) is 1.66. The van der Waals surface area contributed by atoms with Gasteiger partial charge in [-0.1, -0.05) is 6.07 Å². The third-order valence-corrected chi connectivity index (χ3v) is 2.98. The van der Waals surface area contributed by atoms with Crippen molar-refractivity contribution in [3.63, 3.8) is 0 Å². The topological polar surface area (TPSA) is 100 Å². The molecule has 2 aromatic rings. The molecule has 0 unspecified atom stereocenters. The van der Waals surface area contributed by atoms with Crippen molar-refractivity contribution in [2.45, 2.75) is 12.8 Å². The summed E-state index contributed by atoms with van der Waals surface area (Å²) in [6, 6.07) is 5.27. The van der Waals surface area contributed by atoms with Crippen molar-refractivity contribution in [1.29, 1.82) is 0 Å². The van der Waals surface area contributed by atoms with Gasteiger partial charge in [0.2, 0.25) is 5.88 Å². The molecule has 3 rings (SSSR count). The second kappa shape index (κ2) is 5.66. The van der Waals surface area contributed by atoms with Crippen LogP contribution in [0.3, 0.4) is 0 Å². The second-order valence-corrected chi connectivity index (χ2v) is 4.70. The van der Waals surface area contributed by atoms with Crippen molar-refractivity contribution in [2.75, 3.05) is 0 Å². The van der Waals surface area contributed by atoms with E-state index in [1.807, 2.05) is 0 Å². The maximum atomic E-state index is 11.8. The molecule has 1 amide bonds. The number of pyridine rings is 1. The van der Waals surface area contributed by atoms with E-state index >= 15 is 0 Å². The molecule has 7 nitrogen and oxygen atoms in total. The second-order valence-electron chi connectivity index (χ2n) is 4.70. The molecular formula is C14H13N5O2. The molecular weight excluding hydrogens is 270 g/mol. The van der Waals surface area contributed by atoms with Gasteiger partial charge in [-0.15, -0.1) is 0 Å². The predicted octanol–water partition coefficient (Wildman–Crippen LogP) is 1.37. The lowest BCUT2D eigenvalue weighted by atomic mass is 10.3. The van der Waals surface area contributed by atoms with E-state index in [-0.39, 0.29) is 11.4 Å². The Labute approximate surface area is 120 Å². The number of aromatic nitrogens is 3. The third kappa shape index (κ3) is 3.19. The molecule has 1 aliphatic rings. The van der Waals surface area contributed by atoms with Crippen LogP contribution in [0.4, 0.5) is 0 Å². The highest BCUT2D eigenvalue weighted by Crippen LogP contribution is 2.26. The van der Waals surface area contributed by atoms with Gasteiger partial charge in [-0.25, -0.2) is 10.4 Å². The normalized spacial score (nSPS) is 14.3. The van der Waals surface area contributed by atoms with Gasteiger partial charge in [0.1, 0.15) is 11.3 Å². The highest BCUT2D eigenvalue weighted by atomic mass is 16.3. The number of nitrogens with zero attached hydrogens (tertiary/aromatic N) is 4. The van der Waals surface area contributed by atoms with Crippen LogP contribution in [0.15, 0.2) is 35.7 Å². The Morgan fingerprint density at radius 3 is 2.90 bits per heavy atom. The Hall–Kier alpha value is -2.83. The van der Waals surface area contributed by atoms with Crippen LogP contribution in [0.25, 0.3) is 11.5 Å². The molecule has 106 valence electrons. The molecule has 0 aromatic carbocycles. The van der Waals surface area contributed by atoms with E-state index in [0.717, 1.165) is 12.8 Å².